The first kappa shape index (κ1) is 28.0. The van der Waals surface area contributed by atoms with Crippen LogP contribution in [0.1, 0.15) is 112 Å². The van der Waals surface area contributed by atoms with Crippen molar-refractivity contribution in [1.82, 2.24) is 19.7 Å². The number of piperidine rings is 1. The highest BCUT2D eigenvalue weighted by Crippen LogP contribution is 2.52. The molecule has 5 fully saturated rings. The summed E-state index contributed by atoms with van der Waals surface area (Å²) < 4.78 is 1.61. The van der Waals surface area contributed by atoms with E-state index in [2.05, 4.69) is 5.32 Å². The summed E-state index contributed by atoms with van der Waals surface area (Å²) in [4.78, 5) is 44.2. The van der Waals surface area contributed by atoms with E-state index < -0.39 is 11.0 Å². The van der Waals surface area contributed by atoms with Crippen LogP contribution in [0.2, 0.25) is 0 Å². The molecule has 220 valence electrons. The van der Waals surface area contributed by atoms with Crippen molar-refractivity contribution in [3.63, 3.8) is 0 Å². The molecule has 0 radical (unpaired) electrons. The van der Waals surface area contributed by atoms with Crippen LogP contribution in [-0.2, 0) is 11.3 Å². The van der Waals surface area contributed by atoms with Crippen molar-refractivity contribution in [3.8, 4) is 0 Å². The number of piperazine rings is 1. The summed E-state index contributed by atoms with van der Waals surface area (Å²) in [6.45, 7) is 4.18. The maximum atomic E-state index is 13.6. The lowest BCUT2D eigenvalue weighted by molar-refractivity contribution is -0.160. The quantitative estimate of drug-likeness (QED) is 0.539. The third kappa shape index (κ3) is 5.63. The smallest absolute Gasteiger partial charge is 0.255 e. The molecule has 3 saturated carbocycles. The number of aliphatic hydroxyl groups is 1. The fraction of sp³-hybridized carbons (Fsp3) is 0.781. The summed E-state index contributed by atoms with van der Waals surface area (Å²) in [5.74, 6) is 1.20. The minimum absolute atomic E-state index is 0.00176. The van der Waals surface area contributed by atoms with Gasteiger partial charge in [-0.3, -0.25) is 14.4 Å². The number of pyridine rings is 1. The van der Waals surface area contributed by atoms with Crippen LogP contribution in [0.5, 0.6) is 0 Å². The molecule has 1 aromatic rings. The van der Waals surface area contributed by atoms with Crippen LogP contribution in [0.25, 0.3) is 0 Å². The molecule has 5 aliphatic rings. The topological polar surface area (TPSA) is 94.9 Å². The number of likely N-dealkylation sites (tertiary alicyclic amines) is 1. The lowest BCUT2D eigenvalue weighted by Gasteiger charge is -2.52. The lowest BCUT2D eigenvalue weighted by atomic mass is 9.65. The molecule has 2 saturated heterocycles. The van der Waals surface area contributed by atoms with Gasteiger partial charge in [0.15, 0.2) is 0 Å². The first-order valence-corrected chi connectivity index (χ1v) is 16.1. The summed E-state index contributed by atoms with van der Waals surface area (Å²) in [5.41, 5.74) is -0.104. The van der Waals surface area contributed by atoms with Crippen LogP contribution < -0.4 is 10.9 Å². The van der Waals surface area contributed by atoms with Crippen molar-refractivity contribution in [1.29, 1.82) is 0 Å². The van der Waals surface area contributed by atoms with E-state index in [-0.39, 0.29) is 29.8 Å². The SMILES string of the molecule is O=C(CCC1CCCCC1)N1CC[C@@](O)(Cn2cc(C(=O)N3CCNCC3)c(C3CC3)cc2=O)C2(CCCC2)C1. The second-order valence-electron chi connectivity index (χ2n) is 13.6. The van der Waals surface area contributed by atoms with Gasteiger partial charge in [0, 0.05) is 63.4 Å². The number of hydrogen-bond acceptors (Lipinski definition) is 5. The molecule has 1 atom stereocenters. The van der Waals surface area contributed by atoms with Gasteiger partial charge in [-0.25, -0.2) is 0 Å². The zero-order valence-electron chi connectivity index (χ0n) is 24.2. The third-order valence-corrected chi connectivity index (χ3v) is 10.9. The number of carbonyl (C=O) groups excluding carboxylic acids is 2. The van der Waals surface area contributed by atoms with Crippen LogP contribution in [0.15, 0.2) is 17.1 Å². The van der Waals surface area contributed by atoms with E-state index in [1.807, 2.05) is 9.80 Å². The molecule has 2 amide bonds. The molecule has 1 spiro atoms. The van der Waals surface area contributed by atoms with E-state index in [1.165, 1.54) is 32.1 Å². The largest absolute Gasteiger partial charge is 0.387 e. The van der Waals surface area contributed by atoms with Crippen LogP contribution in [0, 0.1) is 11.3 Å². The molecule has 0 aromatic carbocycles. The van der Waals surface area contributed by atoms with Crippen molar-refractivity contribution < 1.29 is 14.7 Å². The second-order valence-corrected chi connectivity index (χ2v) is 13.6. The van der Waals surface area contributed by atoms with Gasteiger partial charge in [0.1, 0.15) is 0 Å². The van der Waals surface area contributed by atoms with Gasteiger partial charge in [0.2, 0.25) is 5.91 Å². The summed E-state index contributed by atoms with van der Waals surface area (Å²) in [6, 6.07) is 1.67. The van der Waals surface area contributed by atoms with E-state index in [4.69, 9.17) is 0 Å². The van der Waals surface area contributed by atoms with E-state index in [0.29, 0.717) is 50.5 Å². The fourth-order valence-corrected chi connectivity index (χ4v) is 8.22. The van der Waals surface area contributed by atoms with Gasteiger partial charge >= 0.3 is 0 Å². The highest BCUT2D eigenvalue weighted by atomic mass is 16.3. The molecular weight excluding hydrogens is 504 g/mol. The summed E-state index contributed by atoms with van der Waals surface area (Å²) in [7, 11) is 0. The predicted octanol–water partition coefficient (Wildman–Crippen LogP) is 3.66. The standard InChI is InChI=1S/C32H48N4O4/c37-28(11-8-24-6-2-1-3-7-24)35-17-14-32(40,31(22-35)12-4-5-13-31)23-36-21-27(26(20-29(36)38)25-9-10-25)30(39)34-18-15-33-16-19-34/h20-21,24-25,33,40H,1-19,22-23H2/t32-/m1/s1. The van der Waals surface area contributed by atoms with E-state index in [9.17, 15) is 19.5 Å². The highest BCUT2D eigenvalue weighted by Gasteiger charge is 2.55. The number of amides is 2. The molecule has 2 aliphatic heterocycles. The fourth-order valence-electron chi connectivity index (χ4n) is 8.22. The van der Waals surface area contributed by atoms with Gasteiger partial charge in [-0.1, -0.05) is 44.9 Å². The highest BCUT2D eigenvalue weighted by molar-refractivity contribution is 5.95. The number of rotatable bonds is 7. The molecule has 2 N–H and O–H groups in total. The van der Waals surface area contributed by atoms with Crippen molar-refractivity contribution >= 4 is 11.8 Å². The molecule has 0 bridgehead atoms. The normalized spacial score (nSPS) is 27.3. The van der Waals surface area contributed by atoms with Gasteiger partial charge in [0.25, 0.3) is 11.5 Å². The Bertz CT molecular complexity index is 1140. The summed E-state index contributed by atoms with van der Waals surface area (Å²) in [6.07, 6.45) is 16.1. The number of carbonyl (C=O) groups is 2. The maximum Gasteiger partial charge on any atom is 0.255 e. The number of nitrogens with zero attached hydrogens (tertiary/aromatic N) is 3. The Morgan fingerprint density at radius 2 is 1.65 bits per heavy atom. The van der Waals surface area contributed by atoms with Gasteiger partial charge in [0.05, 0.1) is 17.7 Å². The average Bonchev–Trinajstić information content (AvgIpc) is 3.72. The predicted molar refractivity (Wildman–Crippen MR) is 154 cm³/mol. The van der Waals surface area contributed by atoms with E-state index in [0.717, 1.165) is 63.6 Å². The second kappa shape index (κ2) is 11.6. The first-order chi connectivity index (χ1) is 19.4. The van der Waals surface area contributed by atoms with Crippen LogP contribution in [-0.4, -0.2) is 76.2 Å². The zero-order valence-corrected chi connectivity index (χ0v) is 24.2. The molecule has 6 rings (SSSR count). The van der Waals surface area contributed by atoms with Crippen molar-refractivity contribution in [2.24, 2.45) is 11.3 Å². The van der Waals surface area contributed by atoms with Crippen LogP contribution in [0.3, 0.4) is 0 Å². The van der Waals surface area contributed by atoms with Gasteiger partial charge in [-0.2, -0.15) is 0 Å². The average molecular weight is 553 g/mol. The molecule has 40 heavy (non-hydrogen) atoms. The first-order valence-electron chi connectivity index (χ1n) is 16.1. The van der Waals surface area contributed by atoms with Gasteiger partial charge < -0.3 is 24.8 Å². The Balaban J connectivity index is 1.21. The summed E-state index contributed by atoms with van der Waals surface area (Å²) in [5, 5.41) is 15.6. The molecule has 8 heteroatoms. The number of aromatic nitrogens is 1. The lowest BCUT2D eigenvalue weighted by Crippen LogP contribution is -2.62. The van der Waals surface area contributed by atoms with Gasteiger partial charge in [-0.05, 0) is 55.9 Å². The molecule has 3 aliphatic carbocycles. The number of hydrogen-bond donors (Lipinski definition) is 2. The number of nitrogens with one attached hydrogen (secondary N) is 1. The van der Waals surface area contributed by atoms with Crippen LogP contribution in [0.4, 0.5) is 0 Å². The van der Waals surface area contributed by atoms with E-state index in [1.54, 1.807) is 16.8 Å². The van der Waals surface area contributed by atoms with Crippen molar-refractivity contribution in [2.45, 2.75) is 108 Å². The minimum atomic E-state index is -1.08. The Morgan fingerprint density at radius 1 is 0.925 bits per heavy atom. The molecular formula is C32H48N4O4. The zero-order chi connectivity index (χ0) is 27.7. The van der Waals surface area contributed by atoms with Crippen LogP contribution >= 0.6 is 0 Å². The summed E-state index contributed by atoms with van der Waals surface area (Å²) >= 11 is 0. The van der Waals surface area contributed by atoms with E-state index >= 15 is 0 Å². The van der Waals surface area contributed by atoms with Gasteiger partial charge in [-0.15, -0.1) is 0 Å². The maximum absolute atomic E-state index is 13.6. The Labute approximate surface area is 238 Å². The van der Waals surface area contributed by atoms with Crippen molar-refractivity contribution in [2.75, 3.05) is 39.3 Å². The monoisotopic (exact) mass is 552 g/mol. The molecule has 3 heterocycles. The molecule has 8 nitrogen and oxygen atoms in total. The Kier molecular flexibility index (Phi) is 8.10. The minimum Gasteiger partial charge on any atom is -0.387 e. The third-order valence-electron chi connectivity index (χ3n) is 10.9. The molecule has 1 aromatic heterocycles. The Morgan fingerprint density at radius 3 is 2.35 bits per heavy atom. The van der Waals surface area contributed by atoms with Crippen molar-refractivity contribution in [3.05, 3.63) is 33.7 Å². The molecule has 0 unspecified atom stereocenters. The Hall–Kier alpha value is -2.19.